The second-order valence-corrected chi connectivity index (χ2v) is 41.2. The minimum absolute atomic E-state index is 0.0154. The molecular weight excluding hydrogens is 1610 g/mol. The lowest BCUT2D eigenvalue weighted by atomic mass is 9.49. The molecule has 0 radical (unpaired) electrons. The molecule has 120 heavy (non-hydrogen) atoms. The SMILES string of the molecule is CC(C)C(C(C)C)C(C)(C(C(C)C)C(C)C)C(F)(F)F.CC(C)C(C(C)C)[C@](C)(C(C)C)C(F)(F)F.CC1(C(F)(F)F)CCCC1.CC1(C(F)(F)F)CCCCC1.CCC(C)(CC)C(C)(C(F)(F)F)C(C)(CC)CC.CCC(C)(CC)[C@](C)(C(C)C)C(F)(F)F.CCC(CC)C(C)(C(CC)CC)C(F)(F)F.CCC(CC)[C@](C)(C(C)C)C(F)(F)F. The van der Waals surface area contributed by atoms with Crippen molar-refractivity contribution in [3.63, 3.8) is 0 Å². The Morgan fingerprint density at radius 2 is 0.417 bits per heavy atom. The summed E-state index contributed by atoms with van der Waals surface area (Å²) in [4.78, 5) is 0. The Hall–Kier alpha value is -1.68. The smallest absolute Gasteiger partial charge is 0.171 e. The molecule has 0 nitrogen and oxygen atoms in total. The number of alkyl halides is 24. The van der Waals surface area contributed by atoms with Crippen LogP contribution in [0.25, 0.3) is 0 Å². The first-order valence-corrected chi connectivity index (χ1v) is 45.7. The summed E-state index contributed by atoms with van der Waals surface area (Å²) in [6, 6.07) is 0. The van der Waals surface area contributed by atoms with Gasteiger partial charge in [0, 0.05) is 0 Å². The van der Waals surface area contributed by atoms with Crippen molar-refractivity contribution in [2.75, 3.05) is 0 Å². The Bertz CT molecular complexity index is 2550. The van der Waals surface area contributed by atoms with E-state index in [0.717, 1.165) is 32.1 Å². The maximum absolute atomic E-state index is 14.0. The maximum Gasteiger partial charge on any atom is 0.395 e. The van der Waals surface area contributed by atoms with E-state index in [1.807, 2.05) is 166 Å². The van der Waals surface area contributed by atoms with E-state index in [9.17, 15) is 105 Å². The molecule has 24 heteroatoms. The molecule has 0 aromatic carbocycles. The Kier molecular flexibility index (Phi) is 53.7. The van der Waals surface area contributed by atoms with Gasteiger partial charge in [-0.3, -0.25) is 0 Å². The highest BCUT2D eigenvalue weighted by Gasteiger charge is 2.69. The molecule has 0 spiro atoms. The number of rotatable bonds is 30. The molecule has 3 atom stereocenters. The Morgan fingerprint density at radius 1 is 0.225 bits per heavy atom. The first-order chi connectivity index (χ1) is 53.2. The zero-order chi connectivity index (χ0) is 98.0. The molecule has 0 saturated heterocycles. The summed E-state index contributed by atoms with van der Waals surface area (Å²) in [5, 5.41) is 0. The van der Waals surface area contributed by atoms with Crippen LogP contribution in [-0.2, 0) is 0 Å². The topological polar surface area (TPSA) is 0 Å². The van der Waals surface area contributed by atoms with E-state index in [-0.39, 0.29) is 76.9 Å². The standard InChI is InChI=1S/C17H33F3.C15H29F3.2C13H25F3.C12H23F3.C11H21F3.C8H13F3.C7H11F3/c1-10(2)14(11(3)4)16(9,17(18,19)20)15(12(5)6)13(7)8;1-8-12(5,9-2)14(7,15(16,17)18)13(6,10-3)11-4;1-8(2)11(9(3)4)12(7,10(5)6)13(14,15)16;1-6-10(7-2)12(5,13(14,15)16)11(8-3)9-4;1-7-10(5,8-2)11(6,9(3)4)12(13,14)15;1-6-9(7-2)10(5,8(3)4)11(12,13)14;1-7(8(9,10)11)5-3-2-4-6-7;1-6(7(8,9)10)4-2-3-5-6/h10-15H,1-9H3;8-11H2,1-7H3;8-11H,1-7H3;10-11H,6-9H2,1-5H3;9H,7-8H2,1-6H3;8-9H,6-7H2,1-5H3;2-6H2,1H3;2-5H2,1H3/t;;12-;;11-;10-;;/m..0.00../s1. The zero-order valence-corrected chi connectivity index (χ0v) is 83.1. The van der Waals surface area contributed by atoms with Crippen molar-refractivity contribution in [3.8, 4) is 0 Å². The molecule has 0 aromatic heterocycles. The monoisotopic (exact) mass is 1790 g/mol. The highest BCUT2D eigenvalue weighted by Crippen LogP contribution is 2.67. The van der Waals surface area contributed by atoms with Crippen molar-refractivity contribution >= 4 is 0 Å². The third kappa shape index (κ3) is 30.7. The lowest BCUT2D eigenvalue weighted by molar-refractivity contribution is -0.301. The van der Waals surface area contributed by atoms with Gasteiger partial charge in [0.15, 0.2) is 0 Å². The number of hydrogen-bond acceptors (Lipinski definition) is 0. The first-order valence-electron chi connectivity index (χ1n) is 45.7. The summed E-state index contributed by atoms with van der Waals surface area (Å²) < 4.78 is 316. The molecule has 0 bridgehead atoms. The molecule has 0 aromatic rings. The summed E-state index contributed by atoms with van der Waals surface area (Å²) in [5.74, 6) is -2.91. The minimum Gasteiger partial charge on any atom is -0.171 e. The molecule has 0 aliphatic heterocycles. The Labute approximate surface area is 718 Å². The normalized spacial score (nSPS) is 17.6. The van der Waals surface area contributed by atoms with Crippen LogP contribution in [0.3, 0.4) is 0 Å². The van der Waals surface area contributed by atoms with Crippen LogP contribution in [0.2, 0.25) is 0 Å². The van der Waals surface area contributed by atoms with Crippen LogP contribution in [0.1, 0.15) is 419 Å². The van der Waals surface area contributed by atoms with Gasteiger partial charge in [-0.15, -0.1) is 0 Å². The molecule has 0 N–H and O–H groups in total. The third-order valence-electron chi connectivity index (χ3n) is 32.4. The van der Waals surface area contributed by atoms with Crippen molar-refractivity contribution in [2.24, 2.45) is 148 Å². The fraction of sp³-hybridized carbons (Fsp3) is 1.00. The summed E-state index contributed by atoms with van der Waals surface area (Å²) in [6.07, 6.45) is -20.8. The average Bonchev–Trinajstić information content (AvgIpc) is 0.773. The quantitative estimate of drug-likeness (QED) is 0.0629. The van der Waals surface area contributed by atoms with E-state index in [2.05, 4.69) is 0 Å². The van der Waals surface area contributed by atoms with Crippen LogP contribution in [0, 0.1) is 148 Å². The number of hydrogen-bond donors (Lipinski definition) is 0. The lowest BCUT2D eigenvalue weighted by Crippen LogP contribution is -2.57. The van der Waals surface area contributed by atoms with Gasteiger partial charge in [0.05, 0.1) is 43.3 Å². The van der Waals surface area contributed by atoms with Gasteiger partial charge >= 0.3 is 49.4 Å². The van der Waals surface area contributed by atoms with Gasteiger partial charge in [-0.25, -0.2) is 0 Å². The van der Waals surface area contributed by atoms with E-state index < -0.39 is 121 Å². The summed E-state index contributed by atoms with van der Waals surface area (Å²) in [6.45, 7) is 71.6. The summed E-state index contributed by atoms with van der Waals surface area (Å²) >= 11 is 0. The zero-order valence-electron chi connectivity index (χ0n) is 83.1. The van der Waals surface area contributed by atoms with Crippen molar-refractivity contribution in [1.82, 2.24) is 0 Å². The second kappa shape index (κ2) is 49.9. The molecule has 2 rings (SSSR count). The Balaban J connectivity index is -0.000000311. The highest BCUT2D eigenvalue weighted by atomic mass is 19.4. The van der Waals surface area contributed by atoms with Crippen LogP contribution >= 0.6 is 0 Å². The fourth-order valence-corrected chi connectivity index (χ4v) is 21.9. The van der Waals surface area contributed by atoms with Gasteiger partial charge < -0.3 is 0 Å². The van der Waals surface area contributed by atoms with Crippen molar-refractivity contribution < 1.29 is 105 Å². The van der Waals surface area contributed by atoms with Gasteiger partial charge in [0.2, 0.25) is 0 Å². The fourth-order valence-electron chi connectivity index (χ4n) is 21.9. The minimum atomic E-state index is -4.18. The summed E-state index contributed by atoms with van der Waals surface area (Å²) in [5.41, 5.74) is -14.4. The van der Waals surface area contributed by atoms with Crippen LogP contribution in [0.15, 0.2) is 0 Å². The molecule has 2 aliphatic rings. The van der Waals surface area contributed by atoms with Gasteiger partial charge in [0.25, 0.3) is 0 Å². The molecule has 2 aliphatic carbocycles. The van der Waals surface area contributed by atoms with Gasteiger partial charge in [-0.05, 0) is 176 Å². The van der Waals surface area contributed by atoms with Crippen LogP contribution in [-0.4, -0.2) is 49.4 Å². The summed E-state index contributed by atoms with van der Waals surface area (Å²) in [7, 11) is 0. The second-order valence-electron chi connectivity index (χ2n) is 41.2. The van der Waals surface area contributed by atoms with E-state index in [1.54, 1.807) is 62.3 Å². The van der Waals surface area contributed by atoms with Crippen molar-refractivity contribution in [3.05, 3.63) is 0 Å². The maximum atomic E-state index is 14.0. The van der Waals surface area contributed by atoms with Crippen LogP contribution in [0.4, 0.5) is 105 Å². The molecule has 0 amide bonds. The van der Waals surface area contributed by atoms with E-state index >= 15 is 0 Å². The number of halogens is 24. The van der Waals surface area contributed by atoms with E-state index in [4.69, 9.17) is 0 Å². The average molecular weight is 1790 g/mol. The molecule has 2 fully saturated rings. The van der Waals surface area contributed by atoms with E-state index in [0.29, 0.717) is 103 Å². The van der Waals surface area contributed by atoms with Crippen LogP contribution in [0.5, 0.6) is 0 Å². The Morgan fingerprint density at radius 3 is 0.525 bits per heavy atom. The van der Waals surface area contributed by atoms with Crippen molar-refractivity contribution in [2.45, 2.75) is 468 Å². The first kappa shape index (κ1) is 129. The molecule has 2 saturated carbocycles. The molecular formula is C96H180F24. The molecule has 0 heterocycles. The third-order valence-corrected chi connectivity index (χ3v) is 32.4. The van der Waals surface area contributed by atoms with Gasteiger partial charge in [-0.2, -0.15) is 105 Å². The van der Waals surface area contributed by atoms with E-state index in [1.165, 1.54) is 55.4 Å². The van der Waals surface area contributed by atoms with Crippen LogP contribution < -0.4 is 0 Å². The molecule has 0 unspecified atom stereocenters. The van der Waals surface area contributed by atoms with Crippen molar-refractivity contribution in [1.29, 1.82) is 0 Å². The van der Waals surface area contributed by atoms with Gasteiger partial charge in [0.1, 0.15) is 0 Å². The molecule has 732 valence electrons. The van der Waals surface area contributed by atoms with Gasteiger partial charge in [-0.1, -0.05) is 348 Å². The predicted molar refractivity (Wildman–Crippen MR) is 457 cm³/mol. The highest BCUT2D eigenvalue weighted by molar-refractivity contribution is 5.06. The largest absolute Gasteiger partial charge is 0.395 e. The predicted octanol–water partition coefficient (Wildman–Crippen LogP) is 39.5. The lowest BCUT2D eigenvalue weighted by Gasteiger charge is -2.57.